The molecule has 1 unspecified atom stereocenters. The van der Waals surface area contributed by atoms with Gasteiger partial charge in [0.15, 0.2) is 0 Å². The van der Waals surface area contributed by atoms with Gasteiger partial charge in [-0.3, -0.25) is 0 Å². The summed E-state index contributed by atoms with van der Waals surface area (Å²) in [6.45, 7) is 8.56. The van der Waals surface area contributed by atoms with E-state index in [-0.39, 0.29) is 0 Å². The van der Waals surface area contributed by atoms with Gasteiger partial charge < -0.3 is 10.2 Å². The van der Waals surface area contributed by atoms with E-state index in [0.717, 1.165) is 24.7 Å². The van der Waals surface area contributed by atoms with Gasteiger partial charge in [0, 0.05) is 36.6 Å². The second kappa shape index (κ2) is 5.65. The number of aryl methyl sites for hydroxylation is 1. The van der Waals surface area contributed by atoms with E-state index in [1.165, 1.54) is 18.4 Å². The monoisotopic (exact) mass is 248 g/mol. The normalized spacial score (nSPS) is 19.8. The summed E-state index contributed by atoms with van der Waals surface area (Å²) in [6, 6.07) is 0.597. The third-order valence-corrected chi connectivity index (χ3v) is 3.76. The summed E-state index contributed by atoms with van der Waals surface area (Å²) in [5.74, 6) is 1.57. The molecule has 0 saturated carbocycles. The second-order valence-corrected chi connectivity index (χ2v) is 5.46. The molecule has 18 heavy (non-hydrogen) atoms. The fourth-order valence-electron chi connectivity index (χ4n) is 2.72. The van der Waals surface area contributed by atoms with Gasteiger partial charge in [0.05, 0.1) is 0 Å². The molecule has 0 amide bonds. The van der Waals surface area contributed by atoms with Crippen molar-refractivity contribution in [2.24, 2.45) is 5.92 Å². The van der Waals surface area contributed by atoms with E-state index in [9.17, 15) is 0 Å². The lowest BCUT2D eigenvalue weighted by Gasteiger charge is -2.28. The highest BCUT2D eigenvalue weighted by Gasteiger charge is 2.29. The van der Waals surface area contributed by atoms with Crippen LogP contribution in [-0.2, 0) is 6.54 Å². The van der Waals surface area contributed by atoms with E-state index >= 15 is 0 Å². The second-order valence-electron chi connectivity index (χ2n) is 5.46. The van der Waals surface area contributed by atoms with Crippen LogP contribution in [0, 0.1) is 12.8 Å². The van der Waals surface area contributed by atoms with Crippen LogP contribution in [0.2, 0.25) is 0 Å². The lowest BCUT2D eigenvalue weighted by molar-refractivity contribution is 0.486. The molecule has 1 aliphatic heterocycles. The van der Waals surface area contributed by atoms with Crippen LogP contribution >= 0.6 is 0 Å². The van der Waals surface area contributed by atoms with Crippen molar-refractivity contribution in [2.45, 2.75) is 46.2 Å². The van der Waals surface area contributed by atoms with Crippen LogP contribution in [0.3, 0.4) is 0 Å². The molecule has 0 aliphatic carbocycles. The largest absolute Gasteiger partial charge is 0.338 e. The van der Waals surface area contributed by atoms with Gasteiger partial charge in [-0.15, -0.1) is 0 Å². The Morgan fingerprint density at radius 3 is 2.89 bits per heavy atom. The number of nitrogens with one attached hydrogen (secondary N) is 1. The summed E-state index contributed by atoms with van der Waals surface area (Å²) in [6.07, 6.45) is 4.48. The van der Waals surface area contributed by atoms with Crippen molar-refractivity contribution in [3.8, 4) is 0 Å². The fourth-order valence-corrected chi connectivity index (χ4v) is 2.72. The minimum absolute atomic E-state index is 0.597. The van der Waals surface area contributed by atoms with Gasteiger partial charge in [0.2, 0.25) is 5.95 Å². The van der Waals surface area contributed by atoms with Gasteiger partial charge in [-0.2, -0.15) is 0 Å². The Morgan fingerprint density at radius 1 is 1.50 bits per heavy atom. The van der Waals surface area contributed by atoms with Gasteiger partial charge >= 0.3 is 0 Å². The van der Waals surface area contributed by atoms with Crippen LogP contribution in [0.25, 0.3) is 0 Å². The molecule has 1 aromatic heterocycles. The molecule has 0 bridgehead atoms. The predicted molar refractivity (Wildman–Crippen MR) is 74.7 cm³/mol. The Balaban J connectivity index is 2.20. The number of anilines is 1. The van der Waals surface area contributed by atoms with E-state index < -0.39 is 0 Å². The first-order valence-corrected chi connectivity index (χ1v) is 6.87. The molecule has 1 aromatic rings. The van der Waals surface area contributed by atoms with Crippen molar-refractivity contribution >= 4 is 5.95 Å². The third-order valence-electron chi connectivity index (χ3n) is 3.76. The standard InChI is InChI=1S/C14H24N4/c1-10(2)13-6-5-7-18(13)14-16-9-12(8-15-4)11(3)17-14/h9-10,13,15H,5-8H2,1-4H3. The first kappa shape index (κ1) is 13.3. The zero-order valence-electron chi connectivity index (χ0n) is 11.9. The summed E-state index contributed by atoms with van der Waals surface area (Å²) >= 11 is 0. The lowest BCUT2D eigenvalue weighted by Crippen LogP contribution is -2.34. The number of hydrogen-bond donors (Lipinski definition) is 1. The van der Waals surface area contributed by atoms with E-state index in [0.29, 0.717) is 12.0 Å². The first-order valence-electron chi connectivity index (χ1n) is 6.87. The number of aromatic nitrogens is 2. The third kappa shape index (κ3) is 2.64. The van der Waals surface area contributed by atoms with Crippen molar-refractivity contribution in [3.05, 3.63) is 17.5 Å². The molecular formula is C14H24N4. The van der Waals surface area contributed by atoms with Gasteiger partial charge in [-0.05, 0) is 32.7 Å². The molecule has 1 atom stereocenters. The van der Waals surface area contributed by atoms with Gasteiger partial charge in [0.25, 0.3) is 0 Å². The number of hydrogen-bond acceptors (Lipinski definition) is 4. The maximum absolute atomic E-state index is 4.68. The van der Waals surface area contributed by atoms with E-state index in [4.69, 9.17) is 0 Å². The summed E-state index contributed by atoms with van der Waals surface area (Å²) < 4.78 is 0. The Bertz CT molecular complexity index is 403. The minimum Gasteiger partial charge on any atom is -0.338 e. The van der Waals surface area contributed by atoms with Crippen molar-refractivity contribution in [1.29, 1.82) is 0 Å². The SMILES string of the molecule is CNCc1cnc(N2CCCC2C(C)C)nc1C. The molecule has 1 N–H and O–H groups in total. The first-order chi connectivity index (χ1) is 8.63. The van der Waals surface area contributed by atoms with E-state index in [1.54, 1.807) is 0 Å². The smallest absolute Gasteiger partial charge is 0.225 e. The molecule has 100 valence electrons. The van der Waals surface area contributed by atoms with Crippen molar-refractivity contribution < 1.29 is 0 Å². The minimum atomic E-state index is 0.597. The number of rotatable bonds is 4. The van der Waals surface area contributed by atoms with Crippen LogP contribution in [0.15, 0.2) is 6.20 Å². The van der Waals surface area contributed by atoms with Crippen LogP contribution in [0.5, 0.6) is 0 Å². The van der Waals surface area contributed by atoms with E-state index in [1.807, 2.05) is 13.2 Å². The van der Waals surface area contributed by atoms with Crippen molar-refractivity contribution in [2.75, 3.05) is 18.5 Å². The molecule has 0 aromatic carbocycles. The Morgan fingerprint density at radius 2 is 2.28 bits per heavy atom. The quantitative estimate of drug-likeness (QED) is 0.886. The highest BCUT2D eigenvalue weighted by Crippen LogP contribution is 2.27. The zero-order chi connectivity index (χ0) is 13.1. The average Bonchev–Trinajstić information content (AvgIpc) is 2.81. The van der Waals surface area contributed by atoms with Crippen LogP contribution in [0.1, 0.15) is 37.9 Å². The molecule has 4 nitrogen and oxygen atoms in total. The fraction of sp³-hybridized carbons (Fsp3) is 0.714. The average molecular weight is 248 g/mol. The van der Waals surface area contributed by atoms with Crippen LogP contribution in [0.4, 0.5) is 5.95 Å². The Hall–Kier alpha value is -1.16. The molecular weight excluding hydrogens is 224 g/mol. The van der Waals surface area contributed by atoms with Gasteiger partial charge in [-0.25, -0.2) is 9.97 Å². The highest BCUT2D eigenvalue weighted by atomic mass is 15.3. The molecule has 1 saturated heterocycles. The molecule has 2 rings (SSSR count). The van der Waals surface area contributed by atoms with Gasteiger partial charge in [0.1, 0.15) is 0 Å². The predicted octanol–water partition coefficient (Wildman–Crippen LogP) is 2.13. The Kier molecular flexibility index (Phi) is 4.17. The molecule has 1 fully saturated rings. The van der Waals surface area contributed by atoms with Crippen LogP contribution < -0.4 is 10.2 Å². The molecule has 1 aliphatic rings. The summed E-state index contributed by atoms with van der Waals surface area (Å²) in [5.41, 5.74) is 2.27. The number of nitrogens with zero attached hydrogens (tertiary/aromatic N) is 3. The summed E-state index contributed by atoms with van der Waals surface area (Å²) in [5, 5.41) is 3.15. The van der Waals surface area contributed by atoms with Crippen molar-refractivity contribution in [3.63, 3.8) is 0 Å². The van der Waals surface area contributed by atoms with E-state index in [2.05, 4.69) is 41.0 Å². The van der Waals surface area contributed by atoms with Crippen LogP contribution in [-0.4, -0.2) is 29.6 Å². The molecule has 2 heterocycles. The molecule has 0 spiro atoms. The molecule has 4 heteroatoms. The maximum atomic E-state index is 4.68. The van der Waals surface area contributed by atoms with Crippen molar-refractivity contribution in [1.82, 2.24) is 15.3 Å². The topological polar surface area (TPSA) is 41.1 Å². The Labute approximate surface area is 110 Å². The summed E-state index contributed by atoms with van der Waals surface area (Å²) in [4.78, 5) is 11.6. The molecule has 0 radical (unpaired) electrons. The highest BCUT2D eigenvalue weighted by molar-refractivity contribution is 5.36. The van der Waals surface area contributed by atoms with Gasteiger partial charge in [-0.1, -0.05) is 13.8 Å². The maximum Gasteiger partial charge on any atom is 0.225 e. The zero-order valence-corrected chi connectivity index (χ0v) is 11.9. The lowest BCUT2D eigenvalue weighted by atomic mass is 10.0. The summed E-state index contributed by atoms with van der Waals surface area (Å²) in [7, 11) is 1.95.